The van der Waals surface area contributed by atoms with Crippen LogP contribution in [-0.2, 0) is 9.59 Å². The minimum atomic E-state index is 0.653. The van der Waals surface area contributed by atoms with Gasteiger partial charge in [-0.1, -0.05) is 69.9 Å². The molecule has 0 aromatic carbocycles. The van der Waals surface area contributed by atoms with E-state index in [1.165, 1.54) is 44.3 Å². The van der Waals surface area contributed by atoms with Gasteiger partial charge >= 0.3 is 0 Å². The Morgan fingerprint density at radius 1 is 1.16 bits per heavy atom. The molecule has 0 amide bonds. The van der Waals surface area contributed by atoms with Crippen molar-refractivity contribution >= 4 is 12.6 Å². The maximum atomic E-state index is 8.81. The molecule has 0 aliphatic heterocycles. The van der Waals surface area contributed by atoms with Crippen LogP contribution in [0.4, 0.5) is 0 Å². The van der Waals surface area contributed by atoms with Gasteiger partial charge in [0, 0.05) is 0 Å². The zero-order valence-corrected chi connectivity index (χ0v) is 17.1. The number of aldehydes is 2. The second kappa shape index (κ2) is 24.3. The van der Waals surface area contributed by atoms with E-state index in [4.69, 9.17) is 9.59 Å². The van der Waals surface area contributed by atoms with Crippen LogP contribution in [0.1, 0.15) is 67.2 Å². The molecule has 0 fully saturated rings. The van der Waals surface area contributed by atoms with Gasteiger partial charge in [-0.2, -0.15) is 0 Å². The topological polar surface area (TPSA) is 34.1 Å². The fourth-order valence-electron chi connectivity index (χ4n) is 2.02. The SMILES string of the molecule is C=C/C(=C\C=C/C)CCC(C)C1=CCCC=C1.CC.CC=O.CC=O. The number of hydrogen-bond acceptors (Lipinski definition) is 2. The Bertz CT molecular complexity index is 431. The Hall–Kier alpha value is -1.96. The van der Waals surface area contributed by atoms with E-state index in [-0.39, 0.29) is 0 Å². The van der Waals surface area contributed by atoms with Crippen LogP contribution in [0, 0.1) is 5.92 Å². The minimum Gasteiger partial charge on any atom is -0.304 e. The van der Waals surface area contributed by atoms with Crippen LogP contribution in [0.3, 0.4) is 0 Å². The van der Waals surface area contributed by atoms with Gasteiger partial charge in [-0.25, -0.2) is 0 Å². The molecule has 0 radical (unpaired) electrons. The first-order valence-electron chi connectivity index (χ1n) is 9.21. The quantitative estimate of drug-likeness (QED) is 0.391. The van der Waals surface area contributed by atoms with Crippen molar-refractivity contribution in [3.05, 3.63) is 60.3 Å². The highest BCUT2D eigenvalue weighted by Gasteiger charge is 2.08. The molecule has 25 heavy (non-hydrogen) atoms. The van der Waals surface area contributed by atoms with Crippen LogP contribution in [-0.4, -0.2) is 12.6 Å². The fourth-order valence-corrected chi connectivity index (χ4v) is 2.02. The molecule has 0 N–H and O–H groups in total. The summed E-state index contributed by atoms with van der Waals surface area (Å²) in [7, 11) is 0. The Morgan fingerprint density at radius 2 is 1.72 bits per heavy atom. The van der Waals surface area contributed by atoms with Crippen LogP contribution in [0.5, 0.6) is 0 Å². The molecule has 142 valence electrons. The second-order valence-electron chi connectivity index (χ2n) is 5.07. The van der Waals surface area contributed by atoms with E-state index in [0.29, 0.717) is 5.92 Å². The van der Waals surface area contributed by atoms with Gasteiger partial charge in [0.05, 0.1) is 0 Å². The van der Waals surface area contributed by atoms with Crippen molar-refractivity contribution in [2.45, 2.75) is 67.2 Å². The Kier molecular flexibility index (Phi) is 27.1. The molecule has 1 atom stereocenters. The molecule has 1 rings (SSSR count). The van der Waals surface area contributed by atoms with Crippen molar-refractivity contribution in [3.63, 3.8) is 0 Å². The largest absolute Gasteiger partial charge is 0.304 e. The van der Waals surface area contributed by atoms with Crippen molar-refractivity contribution in [3.8, 4) is 0 Å². The first-order chi connectivity index (χ1) is 12.1. The summed E-state index contributed by atoms with van der Waals surface area (Å²) in [5, 5.41) is 0. The van der Waals surface area contributed by atoms with Gasteiger partial charge in [-0.05, 0) is 63.5 Å². The molecule has 0 aromatic rings. The summed E-state index contributed by atoms with van der Waals surface area (Å²) in [4.78, 5) is 17.6. The third-order valence-corrected chi connectivity index (χ3v) is 3.22. The van der Waals surface area contributed by atoms with Gasteiger partial charge in [-0.15, -0.1) is 0 Å². The molecule has 0 spiro atoms. The highest BCUT2D eigenvalue weighted by molar-refractivity contribution is 5.44. The summed E-state index contributed by atoms with van der Waals surface area (Å²) in [5.74, 6) is 0.653. The molecule has 0 heterocycles. The van der Waals surface area contributed by atoms with E-state index in [9.17, 15) is 0 Å². The zero-order chi connectivity index (χ0) is 19.9. The van der Waals surface area contributed by atoms with E-state index in [1.54, 1.807) is 0 Å². The Labute approximate surface area is 156 Å². The Morgan fingerprint density at radius 3 is 2.12 bits per heavy atom. The van der Waals surface area contributed by atoms with Crippen molar-refractivity contribution in [1.82, 2.24) is 0 Å². The summed E-state index contributed by atoms with van der Waals surface area (Å²) in [6.45, 7) is 15.1. The van der Waals surface area contributed by atoms with E-state index >= 15 is 0 Å². The summed E-state index contributed by atoms with van der Waals surface area (Å²) in [6, 6.07) is 0. The van der Waals surface area contributed by atoms with Gasteiger partial charge < -0.3 is 9.59 Å². The lowest BCUT2D eigenvalue weighted by Gasteiger charge is -2.15. The van der Waals surface area contributed by atoms with Gasteiger partial charge in [0.2, 0.25) is 0 Å². The van der Waals surface area contributed by atoms with Crippen LogP contribution in [0.2, 0.25) is 0 Å². The molecule has 2 nitrogen and oxygen atoms in total. The van der Waals surface area contributed by atoms with Crippen molar-refractivity contribution in [2.75, 3.05) is 0 Å². The summed E-state index contributed by atoms with van der Waals surface area (Å²) in [5.41, 5.74) is 2.83. The lowest BCUT2D eigenvalue weighted by atomic mass is 9.90. The van der Waals surface area contributed by atoms with Crippen LogP contribution >= 0.6 is 0 Å². The Balaban J connectivity index is -0.000000517. The van der Waals surface area contributed by atoms with Crippen molar-refractivity contribution in [1.29, 1.82) is 0 Å². The lowest BCUT2D eigenvalue weighted by molar-refractivity contribution is -0.106. The molecule has 1 aliphatic rings. The normalized spacial score (nSPS) is 13.7. The van der Waals surface area contributed by atoms with Gasteiger partial charge in [0.15, 0.2) is 0 Å². The average molecular weight is 347 g/mol. The molecule has 2 heteroatoms. The summed E-state index contributed by atoms with van der Waals surface area (Å²) < 4.78 is 0. The molecule has 0 aromatic heterocycles. The molecule has 0 bridgehead atoms. The fraction of sp³-hybridized carbons (Fsp3) is 0.478. The van der Waals surface area contributed by atoms with Crippen LogP contribution in [0.15, 0.2) is 60.3 Å². The number of carbonyl (C=O) groups is 2. The van der Waals surface area contributed by atoms with E-state index in [2.05, 4.69) is 50.0 Å². The standard InChI is InChI=1S/C17H24.2C2H4O.C2H6/c1-4-6-10-16(5-2)14-13-15(3)17-11-8-7-9-12-17;2*1-2-3;1-2/h4-6,8,10-12,15H,2,7,9,13-14H2,1,3H3;2*2H,1H3;1-2H3/b6-4-,16-10+;;;. The molecular weight excluding hydrogens is 308 g/mol. The van der Waals surface area contributed by atoms with Gasteiger partial charge in [0.1, 0.15) is 12.6 Å². The van der Waals surface area contributed by atoms with Gasteiger partial charge in [-0.3, -0.25) is 0 Å². The molecule has 0 saturated carbocycles. The smallest absolute Gasteiger partial charge is 0.116 e. The zero-order valence-electron chi connectivity index (χ0n) is 17.1. The maximum Gasteiger partial charge on any atom is 0.116 e. The van der Waals surface area contributed by atoms with E-state index < -0.39 is 0 Å². The first-order valence-corrected chi connectivity index (χ1v) is 9.21. The number of carbonyl (C=O) groups excluding carboxylic acids is 2. The first kappa shape index (κ1) is 27.9. The van der Waals surface area contributed by atoms with E-state index in [0.717, 1.165) is 19.0 Å². The number of allylic oxidation sites excluding steroid dienone is 9. The highest BCUT2D eigenvalue weighted by Crippen LogP contribution is 2.24. The van der Waals surface area contributed by atoms with Gasteiger partial charge in [0.25, 0.3) is 0 Å². The van der Waals surface area contributed by atoms with Crippen molar-refractivity contribution in [2.24, 2.45) is 5.92 Å². The average Bonchev–Trinajstić information content (AvgIpc) is 2.65. The number of hydrogen-bond donors (Lipinski definition) is 0. The molecule has 1 unspecified atom stereocenters. The number of rotatable bonds is 6. The second-order valence-corrected chi connectivity index (χ2v) is 5.07. The molecular formula is C23H38O2. The molecule has 0 saturated heterocycles. The predicted octanol–water partition coefficient (Wildman–Crippen LogP) is 6.80. The van der Waals surface area contributed by atoms with Crippen LogP contribution < -0.4 is 0 Å². The minimum absolute atomic E-state index is 0.653. The monoisotopic (exact) mass is 346 g/mol. The van der Waals surface area contributed by atoms with Crippen LogP contribution in [0.25, 0.3) is 0 Å². The third kappa shape index (κ3) is 20.0. The maximum absolute atomic E-state index is 8.81. The van der Waals surface area contributed by atoms with Crippen molar-refractivity contribution < 1.29 is 9.59 Å². The molecule has 1 aliphatic carbocycles. The predicted molar refractivity (Wildman–Crippen MR) is 113 cm³/mol. The third-order valence-electron chi connectivity index (χ3n) is 3.22. The summed E-state index contributed by atoms with van der Waals surface area (Å²) >= 11 is 0. The van der Waals surface area contributed by atoms with E-state index in [1.807, 2.05) is 26.8 Å². The summed E-state index contributed by atoms with van der Waals surface area (Å²) in [6.07, 6.45) is 21.4. The highest BCUT2D eigenvalue weighted by atomic mass is 16.1. The lowest BCUT2D eigenvalue weighted by Crippen LogP contribution is -2.00.